The number of benzene rings is 2. The Hall–Kier alpha value is -3.15. The zero-order valence-corrected chi connectivity index (χ0v) is 16.6. The van der Waals surface area contributed by atoms with Gasteiger partial charge in [-0.1, -0.05) is 17.7 Å². The standard InChI is InChI=1S/C22H26N4O2/c1-4-26(5-2)19-12-10-18(11-13-19)23-20(27)14-15-21-24-25-22(28-21)17-8-6-16(3)7-9-17/h6-13H,4-5,14-15H2,1-3H3,(H,23,27). The van der Waals surface area contributed by atoms with Crippen LogP contribution in [0.15, 0.2) is 52.9 Å². The van der Waals surface area contributed by atoms with Crippen LogP contribution in [0.25, 0.3) is 11.5 Å². The minimum atomic E-state index is -0.0781. The molecule has 1 heterocycles. The highest BCUT2D eigenvalue weighted by molar-refractivity contribution is 5.90. The Morgan fingerprint density at radius 2 is 1.68 bits per heavy atom. The van der Waals surface area contributed by atoms with E-state index >= 15 is 0 Å². The molecule has 3 aromatic rings. The lowest BCUT2D eigenvalue weighted by Crippen LogP contribution is -2.21. The Kier molecular flexibility index (Phi) is 6.42. The molecular formula is C22H26N4O2. The van der Waals surface area contributed by atoms with Gasteiger partial charge < -0.3 is 14.6 Å². The molecule has 28 heavy (non-hydrogen) atoms. The first kappa shape index (κ1) is 19.6. The van der Waals surface area contributed by atoms with Crippen molar-refractivity contribution in [3.8, 4) is 11.5 Å². The third-order valence-corrected chi connectivity index (χ3v) is 4.61. The second-order valence-electron chi connectivity index (χ2n) is 6.63. The van der Waals surface area contributed by atoms with E-state index in [0.29, 0.717) is 18.2 Å². The van der Waals surface area contributed by atoms with Gasteiger partial charge in [0, 0.05) is 42.9 Å². The summed E-state index contributed by atoms with van der Waals surface area (Å²) >= 11 is 0. The van der Waals surface area contributed by atoms with Gasteiger partial charge in [0.05, 0.1) is 0 Å². The van der Waals surface area contributed by atoms with Crippen molar-refractivity contribution >= 4 is 17.3 Å². The fraction of sp³-hybridized carbons (Fsp3) is 0.318. The van der Waals surface area contributed by atoms with E-state index in [4.69, 9.17) is 4.42 Å². The molecule has 6 heteroatoms. The lowest BCUT2D eigenvalue weighted by molar-refractivity contribution is -0.116. The largest absolute Gasteiger partial charge is 0.421 e. The first-order valence-electron chi connectivity index (χ1n) is 9.63. The number of hydrogen-bond donors (Lipinski definition) is 1. The van der Waals surface area contributed by atoms with Crippen LogP contribution in [0, 0.1) is 6.92 Å². The van der Waals surface area contributed by atoms with Gasteiger partial charge in [-0.25, -0.2) is 0 Å². The first-order chi connectivity index (χ1) is 13.6. The molecule has 0 saturated carbocycles. The highest BCUT2D eigenvalue weighted by atomic mass is 16.4. The average Bonchev–Trinajstić information content (AvgIpc) is 3.18. The predicted molar refractivity (Wildman–Crippen MR) is 111 cm³/mol. The molecule has 0 aliphatic rings. The Morgan fingerprint density at radius 3 is 2.32 bits per heavy atom. The van der Waals surface area contributed by atoms with E-state index in [-0.39, 0.29) is 12.3 Å². The third-order valence-electron chi connectivity index (χ3n) is 4.61. The summed E-state index contributed by atoms with van der Waals surface area (Å²) in [5.41, 5.74) is 3.98. The van der Waals surface area contributed by atoms with Crippen LogP contribution < -0.4 is 10.2 Å². The number of anilines is 2. The fourth-order valence-electron chi connectivity index (χ4n) is 2.96. The Balaban J connectivity index is 1.52. The lowest BCUT2D eigenvalue weighted by Gasteiger charge is -2.21. The van der Waals surface area contributed by atoms with Crippen molar-refractivity contribution in [2.45, 2.75) is 33.6 Å². The Labute approximate surface area is 165 Å². The summed E-state index contributed by atoms with van der Waals surface area (Å²) in [4.78, 5) is 14.5. The summed E-state index contributed by atoms with van der Waals surface area (Å²) in [6.07, 6.45) is 0.690. The molecule has 6 nitrogen and oxygen atoms in total. The predicted octanol–water partition coefficient (Wildman–Crippen LogP) is 4.46. The molecule has 0 radical (unpaired) electrons. The van der Waals surface area contributed by atoms with Gasteiger partial charge in [-0.15, -0.1) is 10.2 Å². The van der Waals surface area contributed by atoms with E-state index in [2.05, 4.69) is 34.3 Å². The van der Waals surface area contributed by atoms with Gasteiger partial charge in [0.15, 0.2) is 0 Å². The van der Waals surface area contributed by atoms with E-state index < -0.39 is 0 Å². The molecule has 0 spiro atoms. The number of nitrogens with one attached hydrogen (secondary N) is 1. The molecule has 0 atom stereocenters. The van der Waals surface area contributed by atoms with E-state index in [1.165, 1.54) is 5.56 Å². The van der Waals surface area contributed by atoms with Crippen molar-refractivity contribution < 1.29 is 9.21 Å². The van der Waals surface area contributed by atoms with Crippen LogP contribution in [-0.2, 0) is 11.2 Å². The number of amides is 1. The Morgan fingerprint density at radius 1 is 1.00 bits per heavy atom. The Bertz CT molecular complexity index is 897. The molecule has 0 bridgehead atoms. The number of hydrogen-bond acceptors (Lipinski definition) is 5. The smallest absolute Gasteiger partial charge is 0.247 e. The van der Waals surface area contributed by atoms with Crippen LogP contribution in [0.1, 0.15) is 31.7 Å². The van der Waals surface area contributed by atoms with Crippen molar-refractivity contribution in [1.82, 2.24) is 10.2 Å². The van der Waals surface area contributed by atoms with Gasteiger partial charge in [0.25, 0.3) is 0 Å². The number of rotatable bonds is 8. The van der Waals surface area contributed by atoms with Gasteiger partial charge >= 0.3 is 0 Å². The molecule has 1 aromatic heterocycles. The maximum atomic E-state index is 12.2. The number of nitrogens with zero attached hydrogens (tertiary/aromatic N) is 3. The summed E-state index contributed by atoms with van der Waals surface area (Å²) in [7, 11) is 0. The van der Waals surface area contributed by atoms with Crippen molar-refractivity contribution in [2.24, 2.45) is 0 Å². The normalized spacial score (nSPS) is 10.7. The molecule has 2 aromatic carbocycles. The molecule has 1 N–H and O–H groups in total. The second-order valence-corrected chi connectivity index (χ2v) is 6.63. The monoisotopic (exact) mass is 378 g/mol. The van der Waals surface area contributed by atoms with Gasteiger partial charge in [-0.05, 0) is 57.2 Å². The molecular weight excluding hydrogens is 352 g/mol. The first-order valence-corrected chi connectivity index (χ1v) is 9.63. The molecule has 146 valence electrons. The summed E-state index contributed by atoms with van der Waals surface area (Å²) in [5, 5.41) is 11.0. The molecule has 0 fully saturated rings. The maximum Gasteiger partial charge on any atom is 0.247 e. The fourth-order valence-corrected chi connectivity index (χ4v) is 2.96. The zero-order chi connectivity index (χ0) is 19.9. The summed E-state index contributed by atoms with van der Waals surface area (Å²) in [6, 6.07) is 15.8. The number of carbonyl (C=O) groups is 1. The summed E-state index contributed by atoms with van der Waals surface area (Å²) < 4.78 is 5.67. The van der Waals surface area contributed by atoms with E-state index in [1.807, 2.05) is 55.5 Å². The van der Waals surface area contributed by atoms with E-state index in [9.17, 15) is 4.79 Å². The van der Waals surface area contributed by atoms with Gasteiger partial charge in [0.1, 0.15) is 0 Å². The lowest BCUT2D eigenvalue weighted by atomic mass is 10.1. The van der Waals surface area contributed by atoms with Gasteiger partial charge in [0.2, 0.25) is 17.7 Å². The van der Waals surface area contributed by atoms with Gasteiger partial charge in [-0.2, -0.15) is 0 Å². The highest BCUT2D eigenvalue weighted by Crippen LogP contribution is 2.20. The molecule has 3 rings (SSSR count). The van der Waals surface area contributed by atoms with Gasteiger partial charge in [-0.3, -0.25) is 4.79 Å². The molecule has 0 aliphatic heterocycles. The van der Waals surface area contributed by atoms with Crippen molar-refractivity contribution in [3.05, 3.63) is 60.0 Å². The minimum Gasteiger partial charge on any atom is -0.421 e. The van der Waals surface area contributed by atoms with Crippen LogP contribution in [0.3, 0.4) is 0 Å². The van der Waals surface area contributed by atoms with Crippen LogP contribution in [-0.4, -0.2) is 29.2 Å². The third kappa shape index (κ3) is 4.97. The average molecular weight is 378 g/mol. The minimum absolute atomic E-state index is 0.0781. The maximum absolute atomic E-state index is 12.2. The molecule has 0 aliphatic carbocycles. The topological polar surface area (TPSA) is 71.3 Å². The molecule has 0 saturated heterocycles. The van der Waals surface area contributed by atoms with E-state index in [1.54, 1.807) is 0 Å². The number of carbonyl (C=O) groups excluding carboxylic acids is 1. The molecule has 1 amide bonds. The van der Waals surface area contributed by atoms with E-state index in [0.717, 1.165) is 30.0 Å². The number of aromatic nitrogens is 2. The van der Waals surface area contributed by atoms with Crippen LogP contribution in [0.4, 0.5) is 11.4 Å². The van der Waals surface area contributed by atoms with Crippen LogP contribution in [0.5, 0.6) is 0 Å². The highest BCUT2D eigenvalue weighted by Gasteiger charge is 2.11. The van der Waals surface area contributed by atoms with Crippen LogP contribution >= 0.6 is 0 Å². The second kappa shape index (κ2) is 9.17. The van der Waals surface area contributed by atoms with Crippen molar-refractivity contribution in [3.63, 3.8) is 0 Å². The summed E-state index contributed by atoms with van der Waals surface area (Å²) in [5.74, 6) is 0.857. The zero-order valence-electron chi connectivity index (χ0n) is 16.6. The number of aryl methyl sites for hydroxylation is 2. The molecule has 0 unspecified atom stereocenters. The SMILES string of the molecule is CCN(CC)c1ccc(NC(=O)CCc2nnc(-c3ccc(C)cc3)o2)cc1. The van der Waals surface area contributed by atoms with Crippen molar-refractivity contribution in [2.75, 3.05) is 23.3 Å². The van der Waals surface area contributed by atoms with Crippen molar-refractivity contribution in [1.29, 1.82) is 0 Å². The quantitative estimate of drug-likeness (QED) is 0.626. The summed E-state index contributed by atoms with van der Waals surface area (Å²) in [6.45, 7) is 8.19. The van der Waals surface area contributed by atoms with Crippen LogP contribution in [0.2, 0.25) is 0 Å².